The topological polar surface area (TPSA) is 92.4 Å². The fourth-order valence-electron chi connectivity index (χ4n) is 3.00. The fourth-order valence-corrected chi connectivity index (χ4v) is 3.41. The Morgan fingerprint density at radius 2 is 1.88 bits per heavy atom. The van der Waals surface area contributed by atoms with Gasteiger partial charge in [-0.2, -0.15) is 0 Å². The van der Waals surface area contributed by atoms with Crippen LogP contribution in [0.3, 0.4) is 0 Å². The van der Waals surface area contributed by atoms with Gasteiger partial charge in [0.1, 0.15) is 0 Å². The number of primary sulfonamides is 1. The number of para-hydroxylation sites is 1. The Hall–Kier alpha value is -2.19. The number of nitrogens with zero attached hydrogens (tertiary/aromatic N) is 4. The minimum absolute atomic E-state index is 0.206. The number of sulfonamides is 1. The summed E-state index contributed by atoms with van der Waals surface area (Å²) in [5.41, 5.74) is 1.21. The Morgan fingerprint density at radius 1 is 1.12 bits per heavy atom. The standard InChI is InChI=1S/C16H21N5O2S/c1-2-13-12-20(14-6-4-3-5-7-14)10-11-21(13)15-8-9-16(19-18-15)24(17,22)23/h3-9,13H,2,10-12H2,1H3,(H2,17,22,23). The van der Waals surface area contributed by atoms with Gasteiger partial charge in [0.05, 0.1) is 0 Å². The number of anilines is 2. The van der Waals surface area contributed by atoms with Crippen molar-refractivity contribution >= 4 is 21.5 Å². The van der Waals surface area contributed by atoms with Crippen molar-refractivity contribution in [3.8, 4) is 0 Å². The molecule has 1 aromatic heterocycles. The molecule has 24 heavy (non-hydrogen) atoms. The average Bonchev–Trinajstić information content (AvgIpc) is 2.61. The van der Waals surface area contributed by atoms with Crippen LogP contribution in [-0.4, -0.2) is 44.3 Å². The SMILES string of the molecule is CCC1CN(c2ccccc2)CCN1c1ccc(S(N)(=O)=O)nn1. The van der Waals surface area contributed by atoms with Gasteiger partial charge in [0.25, 0.3) is 10.0 Å². The Kier molecular flexibility index (Phi) is 4.68. The summed E-state index contributed by atoms with van der Waals surface area (Å²) >= 11 is 0. The lowest BCUT2D eigenvalue weighted by molar-refractivity contribution is 0.502. The van der Waals surface area contributed by atoms with Gasteiger partial charge < -0.3 is 9.80 Å². The van der Waals surface area contributed by atoms with E-state index in [1.54, 1.807) is 6.07 Å². The van der Waals surface area contributed by atoms with Crippen LogP contribution >= 0.6 is 0 Å². The number of hydrogen-bond acceptors (Lipinski definition) is 6. The van der Waals surface area contributed by atoms with Crippen LogP contribution in [-0.2, 0) is 10.0 Å². The smallest absolute Gasteiger partial charge is 0.257 e. The molecular weight excluding hydrogens is 326 g/mol. The molecule has 1 aliphatic rings. The van der Waals surface area contributed by atoms with Crippen molar-refractivity contribution in [3.63, 3.8) is 0 Å². The molecule has 1 fully saturated rings. The molecule has 3 rings (SSSR count). The molecule has 1 atom stereocenters. The zero-order valence-electron chi connectivity index (χ0n) is 13.5. The second-order valence-corrected chi connectivity index (χ2v) is 7.32. The van der Waals surface area contributed by atoms with E-state index in [0.29, 0.717) is 5.82 Å². The predicted molar refractivity (Wildman–Crippen MR) is 93.5 cm³/mol. The summed E-state index contributed by atoms with van der Waals surface area (Å²) < 4.78 is 22.6. The molecule has 2 heterocycles. The van der Waals surface area contributed by atoms with Crippen LogP contribution < -0.4 is 14.9 Å². The van der Waals surface area contributed by atoms with Gasteiger partial charge in [-0.05, 0) is 30.7 Å². The van der Waals surface area contributed by atoms with E-state index in [4.69, 9.17) is 5.14 Å². The molecule has 2 aromatic rings. The summed E-state index contributed by atoms with van der Waals surface area (Å²) in [6.07, 6.45) is 0.960. The van der Waals surface area contributed by atoms with E-state index in [9.17, 15) is 8.42 Å². The molecule has 0 saturated carbocycles. The molecular formula is C16H21N5O2S. The van der Waals surface area contributed by atoms with Gasteiger partial charge in [0.2, 0.25) is 0 Å². The van der Waals surface area contributed by atoms with E-state index in [2.05, 4.69) is 39.1 Å². The summed E-state index contributed by atoms with van der Waals surface area (Å²) in [5.74, 6) is 0.682. The second kappa shape index (κ2) is 6.74. The molecule has 0 aliphatic carbocycles. The predicted octanol–water partition coefficient (Wildman–Crippen LogP) is 1.23. The first-order chi connectivity index (χ1) is 11.5. The van der Waals surface area contributed by atoms with Crippen molar-refractivity contribution in [1.29, 1.82) is 0 Å². The monoisotopic (exact) mass is 347 g/mol. The highest BCUT2D eigenvalue weighted by Gasteiger charge is 2.27. The Balaban J connectivity index is 1.78. The molecule has 1 saturated heterocycles. The highest BCUT2D eigenvalue weighted by molar-refractivity contribution is 7.89. The molecule has 1 aliphatic heterocycles. The summed E-state index contributed by atoms with van der Waals surface area (Å²) in [4.78, 5) is 4.54. The van der Waals surface area contributed by atoms with E-state index in [-0.39, 0.29) is 11.1 Å². The lowest BCUT2D eigenvalue weighted by Crippen LogP contribution is -2.53. The zero-order chi connectivity index (χ0) is 17.2. The molecule has 0 bridgehead atoms. The van der Waals surface area contributed by atoms with Crippen LogP contribution in [0.1, 0.15) is 13.3 Å². The first kappa shape index (κ1) is 16.7. The van der Waals surface area contributed by atoms with Gasteiger partial charge in [0.15, 0.2) is 10.8 Å². The molecule has 128 valence electrons. The maximum atomic E-state index is 11.3. The number of hydrogen-bond donors (Lipinski definition) is 1. The molecule has 0 amide bonds. The van der Waals surface area contributed by atoms with Gasteiger partial charge in [0, 0.05) is 31.4 Å². The van der Waals surface area contributed by atoms with Crippen LogP contribution in [0.4, 0.5) is 11.5 Å². The Morgan fingerprint density at radius 3 is 2.46 bits per heavy atom. The molecule has 7 nitrogen and oxygen atoms in total. The maximum Gasteiger partial charge on any atom is 0.257 e. The van der Waals surface area contributed by atoms with E-state index < -0.39 is 10.0 Å². The van der Waals surface area contributed by atoms with Crippen molar-refractivity contribution in [2.24, 2.45) is 5.14 Å². The van der Waals surface area contributed by atoms with Crippen LogP contribution in [0.25, 0.3) is 0 Å². The number of piperazine rings is 1. The molecule has 2 N–H and O–H groups in total. The molecule has 1 aromatic carbocycles. The van der Waals surface area contributed by atoms with Crippen molar-refractivity contribution in [2.45, 2.75) is 24.4 Å². The number of aromatic nitrogens is 2. The second-order valence-electron chi connectivity index (χ2n) is 5.81. The minimum atomic E-state index is -3.81. The van der Waals surface area contributed by atoms with Crippen molar-refractivity contribution in [3.05, 3.63) is 42.5 Å². The van der Waals surface area contributed by atoms with Crippen LogP contribution in [0.15, 0.2) is 47.5 Å². The van der Waals surface area contributed by atoms with Crippen LogP contribution in [0.2, 0.25) is 0 Å². The van der Waals surface area contributed by atoms with Crippen molar-refractivity contribution in [2.75, 3.05) is 29.4 Å². The minimum Gasteiger partial charge on any atom is -0.368 e. The van der Waals surface area contributed by atoms with E-state index in [1.807, 2.05) is 18.2 Å². The number of rotatable bonds is 4. The highest BCUT2D eigenvalue weighted by atomic mass is 32.2. The van der Waals surface area contributed by atoms with Gasteiger partial charge in [-0.3, -0.25) is 0 Å². The van der Waals surface area contributed by atoms with Crippen molar-refractivity contribution in [1.82, 2.24) is 10.2 Å². The molecule has 1 unspecified atom stereocenters. The van der Waals surface area contributed by atoms with Gasteiger partial charge in [-0.1, -0.05) is 25.1 Å². The number of benzene rings is 1. The highest BCUT2D eigenvalue weighted by Crippen LogP contribution is 2.24. The summed E-state index contributed by atoms with van der Waals surface area (Å²) in [6.45, 7) is 4.70. The van der Waals surface area contributed by atoms with Gasteiger partial charge in [-0.15, -0.1) is 10.2 Å². The molecule has 0 spiro atoms. The van der Waals surface area contributed by atoms with Gasteiger partial charge in [-0.25, -0.2) is 13.6 Å². The summed E-state index contributed by atoms with van der Waals surface area (Å²) in [5, 5.41) is 12.7. The van der Waals surface area contributed by atoms with Crippen LogP contribution in [0.5, 0.6) is 0 Å². The Bertz CT molecular complexity index is 780. The number of nitrogens with two attached hydrogens (primary N) is 1. The maximum absolute atomic E-state index is 11.3. The van der Waals surface area contributed by atoms with Gasteiger partial charge >= 0.3 is 0 Å². The van der Waals surface area contributed by atoms with E-state index >= 15 is 0 Å². The molecule has 0 radical (unpaired) electrons. The fraction of sp³-hybridized carbons (Fsp3) is 0.375. The first-order valence-corrected chi connectivity index (χ1v) is 9.47. The summed E-state index contributed by atoms with van der Waals surface area (Å²) in [7, 11) is -3.81. The lowest BCUT2D eigenvalue weighted by Gasteiger charge is -2.42. The van der Waals surface area contributed by atoms with E-state index in [1.165, 1.54) is 11.8 Å². The first-order valence-electron chi connectivity index (χ1n) is 7.92. The third-order valence-electron chi connectivity index (χ3n) is 4.29. The van der Waals surface area contributed by atoms with Crippen LogP contribution in [0, 0.1) is 0 Å². The quantitative estimate of drug-likeness (QED) is 0.894. The third-order valence-corrected chi connectivity index (χ3v) is 5.09. The zero-order valence-corrected chi connectivity index (χ0v) is 14.4. The lowest BCUT2D eigenvalue weighted by atomic mass is 10.1. The van der Waals surface area contributed by atoms with Crippen molar-refractivity contribution < 1.29 is 8.42 Å². The van der Waals surface area contributed by atoms with E-state index in [0.717, 1.165) is 26.1 Å². The Labute approximate surface area is 142 Å². The molecule has 8 heteroatoms. The summed E-state index contributed by atoms with van der Waals surface area (Å²) in [6, 6.07) is 13.7. The largest absolute Gasteiger partial charge is 0.368 e. The average molecular weight is 347 g/mol. The third kappa shape index (κ3) is 3.49. The normalized spacial score (nSPS) is 18.7.